The molecule has 106 valence electrons. The second-order valence-corrected chi connectivity index (χ2v) is 4.94. The topological polar surface area (TPSA) is 73.2 Å². The van der Waals surface area contributed by atoms with Gasteiger partial charge < -0.3 is 20.2 Å². The largest absolute Gasteiger partial charge is 0.486 e. The number of aromatic amines is 1. The summed E-state index contributed by atoms with van der Waals surface area (Å²) in [4.78, 5) is 7.66. The average molecular weight is 273 g/mol. The van der Waals surface area contributed by atoms with Gasteiger partial charge in [0.15, 0.2) is 11.5 Å². The maximum atomic E-state index is 6.07. The molecule has 20 heavy (non-hydrogen) atoms. The van der Waals surface area contributed by atoms with Crippen molar-refractivity contribution >= 4 is 0 Å². The van der Waals surface area contributed by atoms with Gasteiger partial charge in [-0.15, -0.1) is 0 Å². The third-order valence-corrected chi connectivity index (χ3v) is 3.40. The molecule has 0 radical (unpaired) electrons. The summed E-state index contributed by atoms with van der Waals surface area (Å²) in [5, 5.41) is 0. The lowest BCUT2D eigenvalue weighted by Crippen LogP contribution is -2.15. The number of aromatic nitrogens is 2. The Kier molecular flexibility index (Phi) is 3.60. The number of rotatable bonds is 4. The number of nitrogens with two attached hydrogens (primary N) is 1. The molecule has 1 atom stereocenters. The van der Waals surface area contributed by atoms with Crippen molar-refractivity contribution in [3.05, 3.63) is 30.2 Å². The van der Waals surface area contributed by atoms with Crippen molar-refractivity contribution in [1.82, 2.24) is 9.97 Å². The lowest BCUT2D eigenvalue weighted by molar-refractivity contribution is 0.171. The molecule has 1 aromatic heterocycles. The molecular formula is C15H19N3O2. The average Bonchev–Trinajstić information content (AvgIpc) is 2.97. The first-order chi connectivity index (χ1) is 9.78. The summed E-state index contributed by atoms with van der Waals surface area (Å²) < 4.78 is 11.1. The maximum Gasteiger partial charge on any atom is 0.162 e. The molecule has 1 aromatic carbocycles. The molecule has 1 aliphatic rings. The molecule has 2 aromatic rings. The van der Waals surface area contributed by atoms with Crippen molar-refractivity contribution in [2.45, 2.75) is 25.8 Å². The van der Waals surface area contributed by atoms with Gasteiger partial charge in [0, 0.05) is 5.56 Å². The predicted molar refractivity (Wildman–Crippen MR) is 76.9 cm³/mol. The summed E-state index contributed by atoms with van der Waals surface area (Å²) in [7, 11) is 0. The zero-order valence-electron chi connectivity index (χ0n) is 11.6. The number of fused-ring (bicyclic) bond motifs is 1. The van der Waals surface area contributed by atoms with Gasteiger partial charge in [0.05, 0.1) is 17.9 Å². The Balaban J connectivity index is 1.86. The summed E-state index contributed by atoms with van der Waals surface area (Å²) >= 11 is 0. The third kappa shape index (κ3) is 2.49. The first kappa shape index (κ1) is 13.0. The molecule has 0 saturated heterocycles. The van der Waals surface area contributed by atoms with Crippen LogP contribution in [0.5, 0.6) is 11.5 Å². The van der Waals surface area contributed by atoms with Crippen molar-refractivity contribution in [1.29, 1.82) is 0 Å². The molecule has 3 N–H and O–H groups in total. The van der Waals surface area contributed by atoms with Gasteiger partial charge >= 0.3 is 0 Å². The number of nitrogens with zero attached hydrogens (tertiary/aromatic N) is 1. The van der Waals surface area contributed by atoms with Crippen LogP contribution >= 0.6 is 0 Å². The Bertz CT molecular complexity index is 595. The van der Waals surface area contributed by atoms with Gasteiger partial charge in [0.2, 0.25) is 0 Å². The highest BCUT2D eigenvalue weighted by atomic mass is 16.6. The quantitative estimate of drug-likeness (QED) is 0.898. The van der Waals surface area contributed by atoms with E-state index < -0.39 is 0 Å². The molecule has 0 bridgehead atoms. The number of nitrogens with one attached hydrogen (secondary N) is 1. The standard InChI is InChI=1S/C15H19N3O2/c1-2-3-11(16)15-17-9-12(18-15)10-4-5-13-14(8-10)20-7-6-19-13/h4-5,8-9,11H,2-3,6-7,16H2,1H3,(H,17,18). The fourth-order valence-electron chi connectivity index (χ4n) is 2.33. The van der Waals surface area contributed by atoms with Crippen LogP contribution in [-0.2, 0) is 0 Å². The van der Waals surface area contributed by atoms with Crippen LogP contribution in [0.3, 0.4) is 0 Å². The Morgan fingerprint density at radius 1 is 1.30 bits per heavy atom. The van der Waals surface area contributed by atoms with Gasteiger partial charge in [0.25, 0.3) is 0 Å². The molecule has 0 spiro atoms. The Hall–Kier alpha value is -2.01. The molecule has 5 heteroatoms. The second-order valence-electron chi connectivity index (χ2n) is 4.94. The van der Waals surface area contributed by atoms with E-state index in [2.05, 4.69) is 16.9 Å². The van der Waals surface area contributed by atoms with Gasteiger partial charge in [-0.3, -0.25) is 0 Å². The van der Waals surface area contributed by atoms with Gasteiger partial charge in [0.1, 0.15) is 19.0 Å². The predicted octanol–water partition coefficient (Wildman–Crippen LogP) is 2.65. The van der Waals surface area contributed by atoms with E-state index >= 15 is 0 Å². The Morgan fingerprint density at radius 3 is 2.90 bits per heavy atom. The monoisotopic (exact) mass is 273 g/mol. The number of hydrogen-bond donors (Lipinski definition) is 2. The van der Waals surface area contributed by atoms with E-state index in [0.717, 1.165) is 41.4 Å². The second kappa shape index (κ2) is 5.54. The van der Waals surface area contributed by atoms with Gasteiger partial charge in [-0.2, -0.15) is 0 Å². The molecule has 3 rings (SSSR count). The molecule has 0 saturated carbocycles. The molecule has 1 unspecified atom stereocenters. The molecule has 0 fully saturated rings. The zero-order chi connectivity index (χ0) is 13.9. The maximum absolute atomic E-state index is 6.07. The van der Waals surface area contributed by atoms with E-state index in [-0.39, 0.29) is 6.04 Å². The number of H-pyrrole nitrogens is 1. The van der Waals surface area contributed by atoms with Crippen LogP contribution in [-0.4, -0.2) is 23.2 Å². The van der Waals surface area contributed by atoms with Crippen molar-refractivity contribution in [2.24, 2.45) is 5.73 Å². The lowest BCUT2D eigenvalue weighted by Gasteiger charge is -2.18. The minimum atomic E-state index is -0.0361. The molecule has 0 aliphatic carbocycles. The summed E-state index contributed by atoms with van der Waals surface area (Å²) in [6.07, 6.45) is 3.78. The fraction of sp³-hybridized carbons (Fsp3) is 0.400. The molecule has 1 aliphatic heterocycles. The van der Waals surface area contributed by atoms with E-state index in [1.54, 1.807) is 0 Å². The van der Waals surface area contributed by atoms with Gasteiger partial charge in [-0.05, 0) is 24.6 Å². The molecule has 5 nitrogen and oxygen atoms in total. The van der Waals surface area contributed by atoms with Crippen LogP contribution in [0.2, 0.25) is 0 Å². The van der Waals surface area contributed by atoms with E-state index in [4.69, 9.17) is 15.2 Å². The normalized spacial score (nSPS) is 15.1. The Morgan fingerprint density at radius 2 is 2.10 bits per heavy atom. The highest BCUT2D eigenvalue weighted by Crippen LogP contribution is 2.34. The van der Waals surface area contributed by atoms with Crippen molar-refractivity contribution < 1.29 is 9.47 Å². The molecule has 0 amide bonds. The number of imidazole rings is 1. The first-order valence-corrected chi connectivity index (χ1v) is 6.98. The summed E-state index contributed by atoms with van der Waals surface area (Å²) in [5.74, 6) is 2.40. The van der Waals surface area contributed by atoms with Crippen molar-refractivity contribution in [3.63, 3.8) is 0 Å². The molecular weight excluding hydrogens is 254 g/mol. The third-order valence-electron chi connectivity index (χ3n) is 3.40. The highest BCUT2D eigenvalue weighted by Gasteiger charge is 2.14. The minimum Gasteiger partial charge on any atom is -0.486 e. The smallest absolute Gasteiger partial charge is 0.162 e. The molecule has 2 heterocycles. The lowest BCUT2D eigenvalue weighted by atomic mass is 10.1. The van der Waals surface area contributed by atoms with Crippen molar-refractivity contribution in [2.75, 3.05) is 13.2 Å². The van der Waals surface area contributed by atoms with Crippen LogP contribution in [0, 0.1) is 0 Å². The van der Waals surface area contributed by atoms with E-state index in [0.29, 0.717) is 13.2 Å². The zero-order valence-corrected chi connectivity index (χ0v) is 11.6. The number of ether oxygens (including phenoxy) is 2. The van der Waals surface area contributed by atoms with Gasteiger partial charge in [-0.1, -0.05) is 13.3 Å². The Labute approximate surface area is 118 Å². The minimum absolute atomic E-state index is 0.0361. The first-order valence-electron chi connectivity index (χ1n) is 6.98. The van der Waals surface area contributed by atoms with E-state index in [1.807, 2.05) is 24.4 Å². The number of benzene rings is 1. The summed E-state index contributed by atoms with van der Waals surface area (Å²) in [6, 6.07) is 5.86. The fourth-order valence-corrected chi connectivity index (χ4v) is 2.33. The van der Waals surface area contributed by atoms with Crippen molar-refractivity contribution in [3.8, 4) is 22.8 Å². The van der Waals surface area contributed by atoms with Crippen LogP contribution in [0.4, 0.5) is 0 Å². The van der Waals surface area contributed by atoms with Gasteiger partial charge in [-0.25, -0.2) is 4.98 Å². The van der Waals surface area contributed by atoms with E-state index in [9.17, 15) is 0 Å². The van der Waals surface area contributed by atoms with Crippen LogP contribution in [0.1, 0.15) is 31.6 Å². The van der Waals surface area contributed by atoms with E-state index in [1.165, 1.54) is 0 Å². The highest BCUT2D eigenvalue weighted by molar-refractivity contribution is 5.63. The SMILES string of the molecule is CCCC(N)c1ncc(-c2ccc3c(c2)OCCO3)[nH]1. The van der Waals surface area contributed by atoms with Crippen LogP contribution in [0.25, 0.3) is 11.3 Å². The summed E-state index contributed by atoms with van der Waals surface area (Å²) in [5.41, 5.74) is 8.04. The summed E-state index contributed by atoms with van der Waals surface area (Å²) in [6.45, 7) is 3.31. The number of hydrogen-bond acceptors (Lipinski definition) is 4. The van der Waals surface area contributed by atoms with Crippen LogP contribution < -0.4 is 15.2 Å². The van der Waals surface area contributed by atoms with Crippen LogP contribution in [0.15, 0.2) is 24.4 Å².